The number of anilines is 1. The van der Waals surface area contributed by atoms with Crippen molar-refractivity contribution < 1.29 is 8.42 Å². The van der Waals surface area contributed by atoms with Crippen LogP contribution in [-0.2, 0) is 10.0 Å². The lowest BCUT2D eigenvalue weighted by Crippen LogP contribution is -2.36. The summed E-state index contributed by atoms with van der Waals surface area (Å²) in [4.78, 5) is 0.350. The van der Waals surface area contributed by atoms with Crippen molar-refractivity contribution in [3.05, 3.63) is 24.3 Å². The SMILES string of the molecule is CNc1ccccc1S(=O)(=O)N(C)C(C)C1CC1. The Morgan fingerprint density at radius 2 is 1.94 bits per heavy atom. The maximum absolute atomic E-state index is 12.6. The molecule has 1 atom stereocenters. The largest absolute Gasteiger partial charge is 0.387 e. The zero-order chi connectivity index (χ0) is 13.3. The summed E-state index contributed by atoms with van der Waals surface area (Å²) >= 11 is 0. The van der Waals surface area contributed by atoms with Gasteiger partial charge in [0.1, 0.15) is 4.90 Å². The number of benzene rings is 1. The van der Waals surface area contributed by atoms with Gasteiger partial charge in [-0.05, 0) is 37.8 Å². The van der Waals surface area contributed by atoms with Crippen molar-refractivity contribution in [3.63, 3.8) is 0 Å². The molecule has 1 fully saturated rings. The Hall–Kier alpha value is -1.07. The van der Waals surface area contributed by atoms with Crippen LogP contribution in [0.15, 0.2) is 29.2 Å². The first-order valence-electron chi connectivity index (χ1n) is 6.23. The molecule has 1 aromatic carbocycles. The maximum Gasteiger partial charge on any atom is 0.245 e. The third-order valence-electron chi connectivity index (χ3n) is 3.69. The molecule has 4 nitrogen and oxygen atoms in total. The van der Waals surface area contributed by atoms with Gasteiger partial charge in [0.25, 0.3) is 0 Å². The van der Waals surface area contributed by atoms with E-state index in [1.54, 1.807) is 32.3 Å². The van der Waals surface area contributed by atoms with E-state index < -0.39 is 10.0 Å². The fraction of sp³-hybridized carbons (Fsp3) is 0.538. The molecule has 1 aliphatic rings. The third-order valence-corrected chi connectivity index (χ3v) is 5.69. The molecule has 0 bridgehead atoms. The highest BCUT2D eigenvalue weighted by molar-refractivity contribution is 7.89. The van der Waals surface area contributed by atoms with Crippen molar-refractivity contribution in [2.24, 2.45) is 5.92 Å². The van der Waals surface area contributed by atoms with Crippen LogP contribution in [0.4, 0.5) is 5.69 Å². The number of sulfonamides is 1. The smallest absolute Gasteiger partial charge is 0.245 e. The van der Waals surface area contributed by atoms with E-state index in [1.807, 2.05) is 13.0 Å². The zero-order valence-corrected chi connectivity index (χ0v) is 11.9. The summed E-state index contributed by atoms with van der Waals surface area (Å²) in [7, 11) is -0.00898. The van der Waals surface area contributed by atoms with Crippen LogP contribution in [0.5, 0.6) is 0 Å². The second kappa shape index (κ2) is 4.90. The number of hydrogen-bond acceptors (Lipinski definition) is 3. The van der Waals surface area contributed by atoms with Crippen molar-refractivity contribution in [3.8, 4) is 0 Å². The van der Waals surface area contributed by atoms with Gasteiger partial charge in [0.15, 0.2) is 0 Å². The lowest BCUT2D eigenvalue weighted by atomic mass is 10.2. The van der Waals surface area contributed by atoms with Crippen LogP contribution in [0.1, 0.15) is 19.8 Å². The summed E-state index contributed by atoms with van der Waals surface area (Å²) in [5.74, 6) is 0.520. The molecule has 2 rings (SSSR count). The van der Waals surface area contributed by atoms with Gasteiger partial charge < -0.3 is 5.32 Å². The van der Waals surface area contributed by atoms with E-state index in [0.717, 1.165) is 12.8 Å². The van der Waals surface area contributed by atoms with Gasteiger partial charge in [0, 0.05) is 20.1 Å². The minimum Gasteiger partial charge on any atom is -0.387 e. The molecule has 1 N–H and O–H groups in total. The first-order valence-corrected chi connectivity index (χ1v) is 7.67. The molecule has 18 heavy (non-hydrogen) atoms. The molecular weight excluding hydrogens is 248 g/mol. The Labute approximate surface area is 109 Å². The summed E-state index contributed by atoms with van der Waals surface area (Å²) in [6, 6.07) is 7.08. The van der Waals surface area contributed by atoms with E-state index in [9.17, 15) is 8.42 Å². The molecule has 0 aliphatic heterocycles. The molecule has 0 heterocycles. The molecule has 0 radical (unpaired) electrons. The highest BCUT2D eigenvalue weighted by Gasteiger charge is 2.36. The zero-order valence-electron chi connectivity index (χ0n) is 11.1. The van der Waals surface area contributed by atoms with Crippen LogP contribution < -0.4 is 5.32 Å². The van der Waals surface area contributed by atoms with E-state index >= 15 is 0 Å². The van der Waals surface area contributed by atoms with Crippen molar-refractivity contribution in [2.45, 2.75) is 30.7 Å². The molecule has 1 aromatic rings. The molecule has 0 saturated heterocycles. The number of hydrogen-bond donors (Lipinski definition) is 1. The summed E-state index contributed by atoms with van der Waals surface area (Å²) in [5, 5.41) is 2.93. The standard InChI is InChI=1S/C13H20N2O2S/c1-10(11-8-9-11)15(3)18(16,17)13-7-5-4-6-12(13)14-2/h4-7,10-11,14H,8-9H2,1-3H3. The van der Waals surface area contributed by atoms with Crippen LogP contribution in [0.3, 0.4) is 0 Å². The summed E-state index contributed by atoms with van der Waals surface area (Å²) in [6.45, 7) is 1.98. The van der Waals surface area contributed by atoms with E-state index in [1.165, 1.54) is 4.31 Å². The fourth-order valence-corrected chi connectivity index (χ4v) is 3.77. The number of para-hydroxylation sites is 1. The summed E-state index contributed by atoms with van der Waals surface area (Å²) < 4.78 is 26.6. The average molecular weight is 268 g/mol. The van der Waals surface area contributed by atoms with E-state index in [-0.39, 0.29) is 6.04 Å². The second-order valence-electron chi connectivity index (χ2n) is 4.85. The average Bonchev–Trinajstić information content (AvgIpc) is 3.21. The first kappa shape index (κ1) is 13.4. The third kappa shape index (κ3) is 2.37. The Balaban J connectivity index is 2.34. The van der Waals surface area contributed by atoms with Crippen LogP contribution in [0, 0.1) is 5.92 Å². The fourth-order valence-electron chi connectivity index (χ4n) is 2.15. The van der Waals surface area contributed by atoms with Gasteiger partial charge in [0.05, 0.1) is 5.69 Å². The Bertz CT molecular complexity index is 524. The van der Waals surface area contributed by atoms with Crippen LogP contribution in [0.25, 0.3) is 0 Å². The quantitative estimate of drug-likeness (QED) is 0.890. The molecule has 1 unspecified atom stereocenters. The first-order chi connectivity index (χ1) is 8.48. The molecular formula is C13H20N2O2S. The van der Waals surface area contributed by atoms with Crippen molar-refractivity contribution >= 4 is 15.7 Å². The van der Waals surface area contributed by atoms with Gasteiger partial charge in [0.2, 0.25) is 10.0 Å². The molecule has 0 aromatic heterocycles. The number of nitrogens with zero attached hydrogens (tertiary/aromatic N) is 1. The monoisotopic (exact) mass is 268 g/mol. The Morgan fingerprint density at radius 1 is 1.33 bits per heavy atom. The lowest BCUT2D eigenvalue weighted by molar-refractivity contribution is 0.357. The lowest BCUT2D eigenvalue weighted by Gasteiger charge is -2.25. The van der Waals surface area contributed by atoms with Gasteiger partial charge >= 0.3 is 0 Å². The van der Waals surface area contributed by atoms with E-state index in [4.69, 9.17) is 0 Å². The minimum atomic E-state index is -3.42. The van der Waals surface area contributed by atoms with Gasteiger partial charge in [-0.25, -0.2) is 8.42 Å². The van der Waals surface area contributed by atoms with Gasteiger partial charge in [-0.2, -0.15) is 4.31 Å². The molecule has 0 amide bonds. The van der Waals surface area contributed by atoms with Crippen molar-refractivity contribution in [1.29, 1.82) is 0 Å². The highest BCUT2D eigenvalue weighted by Crippen LogP contribution is 2.37. The highest BCUT2D eigenvalue weighted by atomic mass is 32.2. The molecule has 1 saturated carbocycles. The van der Waals surface area contributed by atoms with Crippen LogP contribution in [0.2, 0.25) is 0 Å². The minimum absolute atomic E-state index is 0.0694. The Morgan fingerprint density at radius 3 is 2.50 bits per heavy atom. The normalized spacial score (nSPS) is 17.8. The Kier molecular flexibility index (Phi) is 3.64. The summed E-state index contributed by atoms with van der Waals surface area (Å²) in [6.07, 6.45) is 2.27. The van der Waals surface area contributed by atoms with E-state index in [0.29, 0.717) is 16.5 Å². The molecule has 5 heteroatoms. The molecule has 100 valence electrons. The number of nitrogens with one attached hydrogen (secondary N) is 1. The van der Waals surface area contributed by atoms with Crippen molar-refractivity contribution in [1.82, 2.24) is 4.31 Å². The van der Waals surface area contributed by atoms with Gasteiger partial charge in [-0.3, -0.25) is 0 Å². The molecule has 1 aliphatic carbocycles. The van der Waals surface area contributed by atoms with Crippen molar-refractivity contribution in [2.75, 3.05) is 19.4 Å². The summed E-state index contributed by atoms with van der Waals surface area (Å²) in [5.41, 5.74) is 0.646. The van der Waals surface area contributed by atoms with Gasteiger partial charge in [-0.15, -0.1) is 0 Å². The van der Waals surface area contributed by atoms with Gasteiger partial charge in [-0.1, -0.05) is 12.1 Å². The predicted molar refractivity (Wildman–Crippen MR) is 73.1 cm³/mol. The van der Waals surface area contributed by atoms with E-state index in [2.05, 4.69) is 5.32 Å². The maximum atomic E-state index is 12.6. The van der Waals surface area contributed by atoms with Crippen LogP contribution >= 0.6 is 0 Å². The van der Waals surface area contributed by atoms with Crippen LogP contribution in [-0.4, -0.2) is 32.9 Å². The molecule has 0 spiro atoms. The second-order valence-corrected chi connectivity index (χ2v) is 6.81. The number of rotatable bonds is 5. The predicted octanol–water partition coefficient (Wildman–Crippen LogP) is 2.15. The topological polar surface area (TPSA) is 49.4 Å².